The summed E-state index contributed by atoms with van der Waals surface area (Å²) < 4.78 is 38.7. The van der Waals surface area contributed by atoms with Crippen molar-refractivity contribution in [2.24, 2.45) is 5.41 Å². The second-order valence-electron chi connectivity index (χ2n) is 14.5. The summed E-state index contributed by atoms with van der Waals surface area (Å²) in [5.41, 5.74) is 3.15. The Morgan fingerprint density at radius 2 is 1.61 bits per heavy atom. The van der Waals surface area contributed by atoms with Crippen LogP contribution in [0.3, 0.4) is 0 Å². The molecule has 0 radical (unpaired) electrons. The molecule has 0 spiro atoms. The van der Waals surface area contributed by atoms with Crippen molar-refractivity contribution in [1.29, 1.82) is 0 Å². The van der Waals surface area contributed by atoms with Crippen LogP contribution in [0.2, 0.25) is 5.02 Å². The minimum atomic E-state index is -1.17. The van der Waals surface area contributed by atoms with Gasteiger partial charge in [0, 0.05) is 40.5 Å². The van der Waals surface area contributed by atoms with E-state index in [2.05, 4.69) is 16.7 Å². The molecule has 11 heteroatoms. The largest absolute Gasteiger partial charge is 0.496 e. The lowest BCUT2D eigenvalue weighted by Crippen LogP contribution is -2.45. The number of nitrogens with one attached hydrogen (secondary N) is 2. The fraction of sp³-hybridized carbons (Fsp3) is 0.395. The van der Waals surface area contributed by atoms with Gasteiger partial charge in [-0.2, -0.15) is 0 Å². The predicted octanol–water partition coefficient (Wildman–Crippen LogP) is 8.06. The van der Waals surface area contributed by atoms with Gasteiger partial charge in [-0.15, -0.1) is 0 Å². The first kappa shape index (κ1) is 40.5. The molecule has 1 aliphatic heterocycles. The first-order chi connectivity index (χ1) is 26.0. The summed E-state index contributed by atoms with van der Waals surface area (Å²) in [4.78, 5) is 29.4. The van der Waals surface area contributed by atoms with Gasteiger partial charge in [0.15, 0.2) is 11.5 Å². The van der Waals surface area contributed by atoms with Gasteiger partial charge < -0.3 is 34.5 Å². The highest BCUT2D eigenvalue weighted by atomic mass is 35.5. The number of amides is 2. The minimum Gasteiger partial charge on any atom is -0.496 e. The monoisotopic (exact) mass is 759 g/mol. The zero-order valence-corrected chi connectivity index (χ0v) is 32.5. The number of carbonyl (C=O) groups is 2. The molecule has 0 fully saturated rings. The first-order valence-corrected chi connectivity index (χ1v) is 18.8. The summed E-state index contributed by atoms with van der Waals surface area (Å²) in [5, 5.41) is 6.71. The van der Waals surface area contributed by atoms with Gasteiger partial charge in [-0.1, -0.05) is 80.9 Å². The number of hydrogen-bond acceptors (Lipinski definition) is 7. The highest BCUT2D eigenvalue weighted by Crippen LogP contribution is 2.45. The van der Waals surface area contributed by atoms with Crippen LogP contribution >= 0.6 is 11.6 Å². The van der Waals surface area contributed by atoms with Crippen molar-refractivity contribution < 1.29 is 32.9 Å². The number of hydrogen-bond donors (Lipinski definition) is 2. The molecule has 9 nitrogen and oxygen atoms in total. The Bertz CT molecular complexity index is 1880. The molecule has 54 heavy (non-hydrogen) atoms. The normalized spacial score (nSPS) is 15.7. The number of aryl methyl sites for hydroxylation is 1. The molecule has 288 valence electrons. The van der Waals surface area contributed by atoms with E-state index >= 15 is 0 Å². The van der Waals surface area contributed by atoms with Gasteiger partial charge in [0.25, 0.3) is 5.91 Å². The number of carbonyl (C=O) groups excluding carboxylic acids is 2. The molecule has 4 aromatic carbocycles. The predicted molar refractivity (Wildman–Crippen MR) is 210 cm³/mol. The summed E-state index contributed by atoms with van der Waals surface area (Å²) in [6.07, 6.45) is 0.367. The molecule has 4 aromatic rings. The van der Waals surface area contributed by atoms with Crippen molar-refractivity contribution in [3.8, 4) is 17.2 Å². The SMILES string of the molecule is COc1ccccc1CCCNCCCOc1cccc(C2OC(CC(=O)NCc3ccccc3F)C(=O)N(CC(C)(C)C)c3ccc(Cl)cc32)c1OC. The van der Waals surface area contributed by atoms with E-state index < -0.39 is 23.9 Å². The fourth-order valence-electron chi connectivity index (χ4n) is 6.55. The molecule has 2 N–H and O–H groups in total. The number of methoxy groups -OCH3 is 2. The molecular formula is C43H51ClFN3O6. The molecule has 2 unspecified atom stereocenters. The summed E-state index contributed by atoms with van der Waals surface area (Å²) >= 11 is 6.59. The highest BCUT2D eigenvalue weighted by Gasteiger charge is 2.40. The summed E-state index contributed by atoms with van der Waals surface area (Å²) in [6, 6.07) is 25.2. The lowest BCUT2D eigenvalue weighted by Gasteiger charge is -2.31. The van der Waals surface area contributed by atoms with Crippen LogP contribution in [0, 0.1) is 11.2 Å². The van der Waals surface area contributed by atoms with Crippen molar-refractivity contribution in [2.45, 2.75) is 65.2 Å². The van der Waals surface area contributed by atoms with E-state index in [0.717, 1.165) is 38.1 Å². The average molecular weight is 760 g/mol. The van der Waals surface area contributed by atoms with Crippen molar-refractivity contribution in [2.75, 3.05) is 45.4 Å². The molecule has 1 aliphatic rings. The van der Waals surface area contributed by atoms with Crippen LogP contribution in [-0.2, 0) is 27.3 Å². The minimum absolute atomic E-state index is 0.0248. The van der Waals surface area contributed by atoms with Crippen LogP contribution in [0.15, 0.2) is 84.9 Å². The molecule has 5 rings (SSSR count). The van der Waals surface area contributed by atoms with Crippen LogP contribution in [0.25, 0.3) is 0 Å². The van der Waals surface area contributed by atoms with E-state index in [4.69, 9.17) is 30.5 Å². The third-order valence-corrected chi connectivity index (χ3v) is 9.32. The fourth-order valence-corrected chi connectivity index (χ4v) is 6.73. The number of nitrogens with zero attached hydrogens (tertiary/aromatic N) is 1. The smallest absolute Gasteiger partial charge is 0.256 e. The lowest BCUT2D eigenvalue weighted by atomic mass is 9.94. The number of rotatable bonds is 17. The van der Waals surface area contributed by atoms with E-state index in [1.165, 1.54) is 11.6 Å². The zero-order valence-electron chi connectivity index (χ0n) is 31.8. The highest BCUT2D eigenvalue weighted by molar-refractivity contribution is 6.30. The molecule has 2 atom stereocenters. The van der Waals surface area contributed by atoms with Gasteiger partial charge in [-0.05, 0) is 79.7 Å². The second-order valence-corrected chi connectivity index (χ2v) is 14.9. The van der Waals surface area contributed by atoms with Gasteiger partial charge >= 0.3 is 0 Å². The lowest BCUT2D eigenvalue weighted by molar-refractivity contribution is -0.138. The molecule has 0 aliphatic carbocycles. The summed E-state index contributed by atoms with van der Waals surface area (Å²) in [7, 11) is 3.26. The van der Waals surface area contributed by atoms with Crippen molar-refractivity contribution in [1.82, 2.24) is 10.6 Å². The Balaban J connectivity index is 1.33. The average Bonchev–Trinajstić information content (AvgIpc) is 3.25. The van der Waals surface area contributed by atoms with Gasteiger partial charge in [0.2, 0.25) is 5.91 Å². The molecular weight excluding hydrogens is 709 g/mol. The van der Waals surface area contributed by atoms with Crippen LogP contribution in [0.1, 0.15) is 68.4 Å². The quantitative estimate of drug-likeness (QED) is 0.105. The van der Waals surface area contributed by atoms with Gasteiger partial charge in [0.05, 0.1) is 27.2 Å². The van der Waals surface area contributed by atoms with E-state index in [-0.39, 0.29) is 24.3 Å². The van der Waals surface area contributed by atoms with E-state index in [1.54, 1.807) is 49.5 Å². The van der Waals surface area contributed by atoms with E-state index in [9.17, 15) is 14.0 Å². The zero-order chi connectivity index (χ0) is 38.7. The standard InChI is InChI=1S/C43H51ClFN3O6/c1-43(2,3)28-48-35-21-20-31(44)25-33(35)40(54-38(42(48)50)26-39(49)47-27-30-14-6-8-17-34(30)45)32-16-10-19-37(41(32)52-5)53-24-12-23-46-22-11-15-29-13-7-9-18-36(29)51-4/h6-10,13-14,16-21,25,38,40,46H,11-12,15,22-24,26-28H2,1-5H3,(H,47,49). The molecule has 0 saturated carbocycles. The molecule has 0 aromatic heterocycles. The van der Waals surface area contributed by atoms with Crippen molar-refractivity contribution >= 4 is 29.1 Å². The van der Waals surface area contributed by atoms with Crippen LogP contribution in [0.4, 0.5) is 10.1 Å². The second kappa shape index (κ2) is 19.1. The number of fused-ring (bicyclic) bond motifs is 1. The van der Waals surface area contributed by atoms with Crippen LogP contribution < -0.4 is 29.7 Å². The number of halogens is 2. The molecule has 0 bridgehead atoms. The topological polar surface area (TPSA) is 98.4 Å². The van der Waals surface area contributed by atoms with Gasteiger partial charge in [-0.3, -0.25) is 9.59 Å². The van der Waals surface area contributed by atoms with Crippen molar-refractivity contribution in [3.05, 3.63) is 118 Å². The number of ether oxygens (including phenoxy) is 4. The maximum Gasteiger partial charge on any atom is 0.256 e. The Morgan fingerprint density at radius 1 is 0.889 bits per heavy atom. The Labute approximate surface area is 323 Å². The molecule has 0 saturated heterocycles. The maximum atomic E-state index is 14.4. The maximum absolute atomic E-state index is 14.4. The van der Waals surface area contributed by atoms with E-state index in [0.29, 0.717) is 52.1 Å². The molecule has 2 amide bonds. The Kier molecular flexibility index (Phi) is 14.3. The molecule has 1 heterocycles. The van der Waals surface area contributed by atoms with Gasteiger partial charge in [-0.25, -0.2) is 4.39 Å². The third kappa shape index (κ3) is 10.7. The van der Waals surface area contributed by atoms with Crippen LogP contribution in [0.5, 0.6) is 17.2 Å². The first-order valence-electron chi connectivity index (χ1n) is 18.4. The Hall–Kier alpha value is -4.64. The number of benzene rings is 4. The third-order valence-electron chi connectivity index (χ3n) is 9.09. The van der Waals surface area contributed by atoms with Crippen LogP contribution in [-0.4, -0.2) is 58.4 Å². The van der Waals surface area contributed by atoms with Crippen molar-refractivity contribution in [3.63, 3.8) is 0 Å². The Morgan fingerprint density at radius 3 is 2.35 bits per heavy atom. The van der Waals surface area contributed by atoms with Gasteiger partial charge in [0.1, 0.15) is 23.8 Å². The summed E-state index contributed by atoms with van der Waals surface area (Å²) in [5.74, 6) is 0.659. The number of para-hydroxylation sites is 2. The summed E-state index contributed by atoms with van der Waals surface area (Å²) in [6.45, 7) is 8.53. The number of anilines is 1. The van der Waals surface area contributed by atoms with E-state index in [1.807, 2.05) is 63.2 Å².